The van der Waals surface area contributed by atoms with Crippen molar-refractivity contribution in [1.29, 1.82) is 0 Å². The van der Waals surface area contributed by atoms with Crippen LogP contribution in [0.5, 0.6) is 5.75 Å². The number of carbonyl (C=O) groups excluding carboxylic acids is 3. The van der Waals surface area contributed by atoms with E-state index in [1.807, 2.05) is 31.2 Å². The van der Waals surface area contributed by atoms with Crippen LogP contribution in [0.25, 0.3) is 0 Å². The van der Waals surface area contributed by atoms with Crippen molar-refractivity contribution in [1.82, 2.24) is 0 Å². The Balaban J connectivity index is 1.53. The second-order valence-corrected chi connectivity index (χ2v) is 6.05. The molecular weight excluding hydrogens is 334 g/mol. The summed E-state index contributed by atoms with van der Waals surface area (Å²) in [7, 11) is 0. The van der Waals surface area contributed by atoms with E-state index in [1.54, 1.807) is 29.2 Å². The number of esters is 1. The smallest absolute Gasteiger partial charge is 0.344 e. The van der Waals surface area contributed by atoms with Crippen LogP contribution in [0.3, 0.4) is 0 Å². The Morgan fingerprint density at radius 3 is 2.65 bits per heavy atom. The third kappa shape index (κ3) is 3.74. The average molecular weight is 353 g/mol. The second-order valence-electron chi connectivity index (χ2n) is 6.05. The fourth-order valence-electron chi connectivity index (χ4n) is 3.05. The first-order valence-electron chi connectivity index (χ1n) is 8.32. The third-order valence-corrected chi connectivity index (χ3v) is 4.22. The molecule has 1 atom stereocenters. The van der Waals surface area contributed by atoms with E-state index in [2.05, 4.69) is 0 Å². The molecule has 0 radical (unpaired) electrons. The standard InChI is InChI=1S/C20H19NO5/c1-14-10-15-6-2-4-8-17(15)21(14)19(23)12-26-20(24)13-25-18-9-5-3-7-16(18)11-22/h2-9,11,14H,10,12-13H2,1H3/t14-/m0/s1. The monoisotopic (exact) mass is 353 g/mol. The quantitative estimate of drug-likeness (QED) is 0.589. The van der Waals surface area contributed by atoms with Gasteiger partial charge in [0.25, 0.3) is 5.91 Å². The van der Waals surface area contributed by atoms with Crippen molar-refractivity contribution in [3.8, 4) is 5.75 Å². The zero-order chi connectivity index (χ0) is 18.5. The van der Waals surface area contributed by atoms with Crippen LogP contribution in [0, 0.1) is 0 Å². The van der Waals surface area contributed by atoms with Crippen molar-refractivity contribution in [3.05, 3.63) is 59.7 Å². The minimum absolute atomic E-state index is 0.0225. The molecule has 2 aromatic carbocycles. The van der Waals surface area contributed by atoms with Crippen LogP contribution in [0.1, 0.15) is 22.8 Å². The van der Waals surface area contributed by atoms with E-state index in [1.165, 1.54) is 0 Å². The van der Waals surface area contributed by atoms with Crippen molar-refractivity contribution in [2.75, 3.05) is 18.1 Å². The number of fused-ring (bicyclic) bond motifs is 1. The van der Waals surface area contributed by atoms with E-state index in [-0.39, 0.29) is 25.2 Å². The molecule has 1 aliphatic rings. The number of carbonyl (C=O) groups is 3. The van der Waals surface area contributed by atoms with Crippen LogP contribution in [-0.4, -0.2) is 37.4 Å². The van der Waals surface area contributed by atoms with E-state index in [4.69, 9.17) is 9.47 Å². The van der Waals surface area contributed by atoms with Gasteiger partial charge in [0, 0.05) is 11.7 Å². The van der Waals surface area contributed by atoms with E-state index in [0.717, 1.165) is 17.7 Å². The molecule has 6 heteroatoms. The predicted molar refractivity (Wildman–Crippen MR) is 95.4 cm³/mol. The summed E-state index contributed by atoms with van der Waals surface area (Å²) < 4.78 is 10.3. The highest BCUT2D eigenvalue weighted by Crippen LogP contribution is 2.31. The Labute approximate surface area is 151 Å². The first kappa shape index (κ1) is 17.7. The highest BCUT2D eigenvalue weighted by atomic mass is 16.6. The van der Waals surface area contributed by atoms with Gasteiger partial charge in [-0.05, 0) is 37.1 Å². The van der Waals surface area contributed by atoms with E-state index in [0.29, 0.717) is 17.6 Å². The lowest BCUT2D eigenvalue weighted by Crippen LogP contribution is -2.39. The van der Waals surface area contributed by atoms with Gasteiger partial charge < -0.3 is 14.4 Å². The molecule has 0 aliphatic carbocycles. The summed E-state index contributed by atoms with van der Waals surface area (Å²) in [6, 6.07) is 14.3. The van der Waals surface area contributed by atoms with Gasteiger partial charge in [-0.2, -0.15) is 0 Å². The molecule has 0 unspecified atom stereocenters. The fraction of sp³-hybridized carbons (Fsp3) is 0.250. The lowest BCUT2D eigenvalue weighted by Gasteiger charge is -2.22. The summed E-state index contributed by atoms with van der Waals surface area (Å²) in [5.74, 6) is -0.642. The van der Waals surface area contributed by atoms with Crippen LogP contribution < -0.4 is 9.64 Å². The number of amides is 1. The van der Waals surface area contributed by atoms with Crippen molar-refractivity contribution >= 4 is 23.9 Å². The van der Waals surface area contributed by atoms with Crippen molar-refractivity contribution in [2.24, 2.45) is 0 Å². The summed E-state index contributed by atoms with van der Waals surface area (Å²) in [4.78, 5) is 36.9. The Bertz CT molecular complexity index is 832. The number of rotatable bonds is 6. The zero-order valence-electron chi connectivity index (χ0n) is 14.4. The molecule has 2 aromatic rings. The van der Waals surface area contributed by atoms with Gasteiger partial charge in [0.05, 0.1) is 5.56 Å². The number of nitrogens with zero attached hydrogens (tertiary/aromatic N) is 1. The lowest BCUT2D eigenvalue weighted by molar-refractivity contribution is -0.149. The second kappa shape index (κ2) is 7.82. The van der Waals surface area contributed by atoms with Crippen LogP contribution in [0.15, 0.2) is 48.5 Å². The van der Waals surface area contributed by atoms with Gasteiger partial charge in [0.2, 0.25) is 0 Å². The molecular formula is C20H19NO5. The van der Waals surface area contributed by atoms with E-state index < -0.39 is 5.97 Å². The Morgan fingerprint density at radius 2 is 1.85 bits per heavy atom. The number of hydrogen-bond acceptors (Lipinski definition) is 5. The minimum Gasteiger partial charge on any atom is -0.481 e. The summed E-state index contributed by atoms with van der Waals surface area (Å²) in [5.41, 5.74) is 2.31. The largest absolute Gasteiger partial charge is 0.481 e. The minimum atomic E-state index is -0.667. The number of ether oxygens (including phenoxy) is 2. The van der Waals surface area contributed by atoms with Crippen LogP contribution in [0.2, 0.25) is 0 Å². The Hall–Kier alpha value is -3.15. The molecule has 0 N–H and O–H groups in total. The normalized spacial score (nSPS) is 15.3. The lowest BCUT2D eigenvalue weighted by atomic mass is 10.1. The maximum absolute atomic E-state index is 12.5. The first-order chi connectivity index (χ1) is 12.6. The average Bonchev–Trinajstić information content (AvgIpc) is 3.00. The molecule has 0 spiro atoms. The highest BCUT2D eigenvalue weighted by Gasteiger charge is 2.30. The molecule has 6 nitrogen and oxygen atoms in total. The van der Waals surface area contributed by atoms with Crippen molar-refractivity contribution in [2.45, 2.75) is 19.4 Å². The number of benzene rings is 2. The van der Waals surface area contributed by atoms with Gasteiger partial charge in [-0.15, -0.1) is 0 Å². The Morgan fingerprint density at radius 1 is 1.12 bits per heavy atom. The number of para-hydroxylation sites is 2. The molecule has 3 rings (SSSR count). The van der Waals surface area contributed by atoms with E-state index >= 15 is 0 Å². The van der Waals surface area contributed by atoms with Gasteiger partial charge in [0.15, 0.2) is 19.5 Å². The number of hydrogen-bond donors (Lipinski definition) is 0. The fourth-order valence-corrected chi connectivity index (χ4v) is 3.05. The molecule has 0 fully saturated rings. The maximum atomic E-state index is 12.5. The predicted octanol–water partition coefficient (Wildman–Crippen LogP) is 2.40. The van der Waals surface area contributed by atoms with Crippen LogP contribution in [-0.2, 0) is 20.7 Å². The SMILES string of the molecule is C[C@H]1Cc2ccccc2N1C(=O)COC(=O)COc1ccccc1C=O. The molecule has 0 saturated heterocycles. The topological polar surface area (TPSA) is 72.9 Å². The van der Waals surface area contributed by atoms with E-state index in [9.17, 15) is 14.4 Å². The number of anilines is 1. The first-order valence-corrected chi connectivity index (χ1v) is 8.32. The van der Waals surface area contributed by atoms with Gasteiger partial charge in [-0.1, -0.05) is 30.3 Å². The summed E-state index contributed by atoms with van der Waals surface area (Å²) >= 11 is 0. The maximum Gasteiger partial charge on any atom is 0.344 e. The van der Waals surface area contributed by atoms with Gasteiger partial charge in [0.1, 0.15) is 5.75 Å². The molecule has 0 saturated carbocycles. The molecule has 1 amide bonds. The van der Waals surface area contributed by atoms with Crippen molar-refractivity contribution in [3.63, 3.8) is 0 Å². The molecule has 0 bridgehead atoms. The van der Waals surface area contributed by atoms with Gasteiger partial charge in [-0.25, -0.2) is 4.79 Å². The zero-order valence-corrected chi connectivity index (χ0v) is 14.4. The number of aldehydes is 1. The Kier molecular flexibility index (Phi) is 5.31. The molecule has 1 aliphatic heterocycles. The molecule has 26 heavy (non-hydrogen) atoms. The molecule has 0 aromatic heterocycles. The summed E-state index contributed by atoms with van der Waals surface area (Å²) in [6.07, 6.45) is 1.43. The summed E-state index contributed by atoms with van der Waals surface area (Å²) in [6.45, 7) is 1.24. The van der Waals surface area contributed by atoms with Crippen LogP contribution >= 0.6 is 0 Å². The highest BCUT2D eigenvalue weighted by molar-refractivity contribution is 5.97. The van der Waals surface area contributed by atoms with Gasteiger partial charge >= 0.3 is 5.97 Å². The van der Waals surface area contributed by atoms with Crippen LogP contribution in [0.4, 0.5) is 5.69 Å². The molecule has 1 heterocycles. The summed E-state index contributed by atoms with van der Waals surface area (Å²) in [5, 5.41) is 0. The third-order valence-electron chi connectivity index (χ3n) is 4.22. The van der Waals surface area contributed by atoms with Crippen molar-refractivity contribution < 1.29 is 23.9 Å². The van der Waals surface area contributed by atoms with Gasteiger partial charge in [-0.3, -0.25) is 9.59 Å². The molecule has 134 valence electrons.